The monoisotopic (exact) mass is 277 g/mol. The smallest absolute Gasteiger partial charge is 0.303 e. The van der Waals surface area contributed by atoms with Crippen LogP contribution >= 0.6 is 11.3 Å². The molecule has 0 amide bonds. The fourth-order valence-corrected chi connectivity index (χ4v) is 3.13. The van der Waals surface area contributed by atoms with E-state index in [1.807, 2.05) is 16.8 Å². The van der Waals surface area contributed by atoms with Gasteiger partial charge in [0.25, 0.3) is 0 Å². The number of hydrogen-bond acceptors (Lipinski definition) is 4. The van der Waals surface area contributed by atoms with Crippen molar-refractivity contribution in [3.05, 3.63) is 22.4 Å². The molecule has 1 heterocycles. The van der Waals surface area contributed by atoms with Crippen LogP contribution in [0, 0.1) is 0 Å². The predicted molar refractivity (Wildman–Crippen MR) is 66.4 cm³/mol. The number of aliphatic carboxylic acids is 1. The number of nitrogens with zero attached hydrogens (tertiary/aromatic N) is 1. The quantitative estimate of drug-likeness (QED) is 0.817. The standard InChI is InChI=1S/C10H15NO4S2/c1-11(7-9-4-5-16-8-9)17(14,15)6-2-3-10(12)13/h4-5,8H,2-3,6-7H2,1H3,(H,12,13). The maximum Gasteiger partial charge on any atom is 0.303 e. The van der Waals surface area contributed by atoms with Crippen LogP contribution < -0.4 is 0 Å². The molecule has 1 aromatic rings. The number of rotatable bonds is 7. The second-order valence-electron chi connectivity index (χ2n) is 3.70. The second-order valence-corrected chi connectivity index (χ2v) is 6.68. The van der Waals surface area contributed by atoms with Crippen molar-refractivity contribution in [3.63, 3.8) is 0 Å². The summed E-state index contributed by atoms with van der Waals surface area (Å²) < 4.78 is 24.8. The van der Waals surface area contributed by atoms with Crippen LogP contribution in [0.2, 0.25) is 0 Å². The molecule has 1 N–H and O–H groups in total. The Hall–Kier alpha value is -0.920. The van der Waals surface area contributed by atoms with Gasteiger partial charge in [-0.15, -0.1) is 0 Å². The Balaban J connectivity index is 2.49. The lowest BCUT2D eigenvalue weighted by Crippen LogP contribution is -2.28. The van der Waals surface area contributed by atoms with E-state index < -0.39 is 16.0 Å². The lowest BCUT2D eigenvalue weighted by Gasteiger charge is -2.16. The molecule has 0 atom stereocenters. The number of sulfonamides is 1. The summed E-state index contributed by atoms with van der Waals surface area (Å²) >= 11 is 1.51. The first-order chi connectivity index (χ1) is 7.92. The predicted octanol–water partition coefficient (Wildman–Crippen LogP) is 1.37. The van der Waals surface area contributed by atoms with Crippen molar-refractivity contribution in [1.29, 1.82) is 0 Å². The van der Waals surface area contributed by atoms with Crippen LogP contribution in [0.15, 0.2) is 16.8 Å². The topological polar surface area (TPSA) is 74.7 Å². The van der Waals surface area contributed by atoms with E-state index >= 15 is 0 Å². The number of carboxylic acid groups (broad SMARTS) is 1. The van der Waals surface area contributed by atoms with Crippen LogP contribution in [0.1, 0.15) is 18.4 Å². The molecule has 0 fully saturated rings. The number of thiophene rings is 1. The molecule has 96 valence electrons. The maximum atomic E-state index is 11.8. The van der Waals surface area contributed by atoms with Gasteiger partial charge in [0.2, 0.25) is 10.0 Å². The third-order valence-electron chi connectivity index (χ3n) is 2.25. The molecule has 0 saturated carbocycles. The third-order valence-corrected chi connectivity index (χ3v) is 4.87. The van der Waals surface area contributed by atoms with E-state index in [9.17, 15) is 13.2 Å². The van der Waals surface area contributed by atoms with E-state index in [0.717, 1.165) is 5.56 Å². The van der Waals surface area contributed by atoms with Crippen LogP contribution in [0.4, 0.5) is 0 Å². The first kappa shape index (κ1) is 14.1. The van der Waals surface area contributed by atoms with Gasteiger partial charge in [-0.3, -0.25) is 4.79 Å². The van der Waals surface area contributed by atoms with E-state index in [0.29, 0.717) is 6.54 Å². The van der Waals surface area contributed by atoms with Crippen LogP contribution in [0.25, 0.3) is 0 Å². The molecule has 0 aliphatic rings. The van der Waals surface area contributed by atoms with Gasteiger partial charge >= 0.3 is 5.97 Å². The molecule has 0 bridgehead atoms. The molecule has 0 aliphatic heterocycles. The van der Waals surface area contributed by atoms with Gasteiger partial charge in [-0.05, 0) is 28.8 Å². The highest BCUT2D eigenvalue weighted by Gasteiger charge is 2.18. The van der Waals surface area contributed by atoms with Crippen molar-refractivity contribution in [2.45, 2.75) is 19.4 Å². The molecule has 17 heavy (non-hydrogen) atoms. The molecule has 0 saturated heterocycles. The van der Waals surface area contributed by atoms with Gasteiger partial charge in [0.1, 0.15) is 0 Å². The fraction of sp³-hybridized carbons (Fsp3) is 0.500. The first-order valence-electron chi connectivity index (χ1n) is 5.08. The highest BCUT2D eigenvalue weighted by atomic mass is 32.2. The van der Waals surface area contributed by atoms with E-state index in [1.54, 1.807) is 0 Å². The molecule has 0 aromatic carbocycles. The fourth-order valence-electron chi connectivity index (χ4n) is 1.30. The molecule has 0 aliphatic carbocycles. The van der Waals surface area contributed by atoms with Crippen molar-refractivity contribution >= 4 is 27.3 Å². The van der Waals surface area contributed by atoms with Gasteiger partial charge in [-0.25, -0.2) is 12.7 Å². The summed E-state index contributed by atoms with van der Waals surface area (Å²) in [4.78, 5) is 10.3. The van der Waals surface area contributed by atoms with Gasteiger partial charge in [-0.2, -0.15) is 11.3 Å². The summed E-state index contributed by atoms with van der Waals surface area (Å²) in [6, 6.07) is 1.87. The minimum atomic E-state index is -3.36. The molecular weight excluding hydrogens is 262 g/mol. The van der Waals surface area contributed by atoms with Gasteiger partial charge in [-0.1, -0.05) is 0 Å². The zero-order valence-electron chi connectivity index (χ0n) is 9.50. The summed E-state index contributed by atoms with van der Waals surface area (Å²) in [5.41, 5.74) is 0.944. The lowest BCUT2D eigenvalue weighted by molar-refractivity contribution is -0.137. The van der Waals surface area contributed by atoms with Crippen LogP contribution in [0.5, 0.6) is 0 Å². The first-order valence-corrected chi connectivity index (χ1v) is 7.64. The molecule has 7 heteroatoms. The van der Waals surface area contributed by atoms with Gasteiger partial charge < -0.3 is 5.11 Å². The Labute approximate surface area is 105 Å². The van der Waals surface area contributed by atoms with E-state index in [-0.39, 0.29) is 18.6 Å². The molecule has 5 nitrogen and oxygen atoms in total. The zero-order chi connectivity index (χ0) is 12.9. The molecule has 0 spiro atoms. The van der Waals surface area contributed by atoms with Crippen LogP contribution in [-0.4, -0.2) is 36.6 Å². The van der Waals surface area contributed by atoms with Crippen LogP contribution in [0.3, 0.4) is 0 Å². The Morgan fingerprint density at radius 1 is 1.53 bits per heavy atom. The number of carbonyl (C=O) groups is 1. The van der Waals surface area contributed by atoms with Crippen molar-refractivity contribution in [1.82, 2.24) is 4.31 Å². The van der Waals surface area contributed by atoms with Gasteiger partial charge in [0.05, 0.1) is 5.75 Å². The molecule has 0 radical (unpaired) electrons. The SMILES string of the molecule is CN(Cc1ccsc1)S(=O)(=O)CCCC(=O)O. The minimum absolute atomic E-state index is 0.120. The lowest BCUT2D eigenvalue weighted by atomic mass is 10.3. The van der Waals surface area contributed by atoms with E-state index in [4.69, 9.17) is 5.11 Å². The number of hydrogen-bond donors (Lipinski definition) is 1. The molecular formula is C10H15NO4S2. The minimum Gasteiger partial charge on any atom is -0.481 e. The zero-order valence-corrected chi connectivity index (χ0v) is 11.1. The largest absolute Gasteiger partial charge is 0.481 e. The third kappa shape index (κ3) is 4.84. The van der Waals surface area contributed by atoms with Crippen molar-refractivity contribution < 1.29 is 18.3 Å². The molecule has 1 rings (SSSR count). The number of carboxylic acids is 1. The van der Waals surface area contributed by atoms with Crippen LogP contribution in [-0.2, 0) is 21.4 Å². The Morgan fingerprint density at radius 3 is 2.76 bits per heavy atom. The summed E-state index contributed by atoms with van der Waals surface area (Å²) in [7, 11) is -1.85. The highest BCUT2D eigenvalue weighted by molar-refractivity contribution is 7.89. The summed E-state index contributed by atoms with van der Waals surface area (Å²) in [5.74, 6) is -1.10. The Kier molecular flexibility index (Phi) is 5.10. The highest BCUT2D eigenvalue weighted by Crippen LogP contribution is 2.12. The normalized spacial score (nSPS) is 11.9. The molecule has 1 aromatic heterocycles. The van der Waals surface area contributed by atoms with Crippen molar-refractivity contribution in [2.24, 2.45) is 0 Å². The van der Waals surface area contributed by atoms with E-state index in [2.05, 4.69) is 0 Å². The van der Waals surface area contributed by atoms with Gasteiger partial charge in [0, 0.05) is 20.0 Å². The summed E-state index contributed by atoms with van der Waals surface area (Å²) in [6.07, 6.45) is 0.0250. The van der Waals surface area contributed by atoms with Crippen molar-refractivity contribution in [3.8, 4) is 0 Å². The second kappa shape index (κ2) is 6.13. The summed E-state index contributed by atoms with van der Waals surface area (Å²) in [6.45, 7) is 0.332. The summed E-state index contributed by atoms with van der Waals surface area (Å²) in [5, 5.41) is 12.2. The average Bonchev–Trinajstić information content (AvgIpc) is 2.69. The van der Waals surface area contributed by atoms with Gasteiger partial charge in [0.15, 0.2) is 0 Å². The molecule has 0 unspecified atom stereocenters. The maximum absolute atomic E-state index is 11.8. The average molecular weight is 277 g/mol. The Morgan fingerprint density at radius 2 is 2.24 bits per heavy atom. The van der Waals surface area contributed by atoms with E-state index in [1.165, 1.54) is 22.7 Å². The van der Waals surface area contributed by atoms with Crippen molar-refractivity contribution in [2.75, 3.05) is 12.8 Å². The Bertz CT molecular complexity index is 453.